The first-order chi connectivity index (χ1) is 17.8. The van der Waals surface area contributed by atoms with Crippen LogP contribution in [0.1, 0.15) is 16.8 Å². The zero-order chi connectivity index (χ0) is 26.1. The lowest BCUT2D eigenvalue weighted by Gasteiger charge is -2.13. The second kappa shape index (κ2) is 9.69. The number of hydrogen-bond acceptors (Lipinski definition) is 7. The number of benzene rings is 2. The maximum absolute atomic E-state index is 13.4. The summed E-state index contributed by atoms with van der Waals surface area (Å²) < 4.78 is 12.3. The monoisotopic (exact) mass is 495 g/mol. The molecule has 5 rings (SSSR count). The molecule has 1 amide bonds. The van der Waals surface area contributed by atoms with Gasteiger partial charge >= 0.3 is 0 Å². The normalized spacial score (nSPS) is 11.0. The van der Waals surface area contributed by atoms with Gasteiger partial charge in [-0.2, -0.15) is 4.98 Å². The minimum atomic E-state index is -0.307. The van der Waals surface area contributed by atoms with E-state index in [4.69, 9.17) is 9.26 Å². The summed E-state index contributed by atoms with van der Waals surface area (Å²) in [4.78, 5) is 35.4. The Morgan fingerprint density at radius 1 is 1.03 bits per heavy atom. The van der Waals surface area contributed by atoms with Crippen molar-refractivity contribution in [3.8, 4) is 28.6 Å². The fraction of sp³-hybridized carbons (Fsp3) is 0.179. The van der Waals surface area contributed by atoms with Crippen molar-refractivity contribution in [1.29, 1.82) is 0 Å². The number of ether oxygens (including phenoxy) is 1. The highest BCUT2D eigenvalue weighted by Crippen LogP contribution is 2.24. The molecule has 186 valence electrons. The van der Waals surface area contributed by atoms with Crippen molar-refractivity contribution in [2.24, 2.45) is 0 Å². The summed E-state index contributed by atoms with van der Waals surface area (Å²) in [7, 11) is 1.59. The van der Waals surface area contributed by atoms with Crippen LogP contribution >= 0.6 is 0 Å². The number of methoxy groups -OCH3 is 1. The lowest BCUT2D eigenvalue weighted by molar-refractivity contribution is -0.116. The number of pyridine rings is 2. The molecule has 1 N–H and O–H groups in total. The lowest BCUT2D eigenvalue weighted by atomic mass is 10.1. The molecular weight excluding hydrogens is 470 g/mol. The van der Waals surface area contributed by atoms with Crippen molar-refractivity contribution in [3.63, 3.8) is 0 Å². The van der Waals surface area contributed by atoms with E-state index in [1.54, 1.807) is 54.3 Å². The highest BCUT2D eigenvalue weighted by atomic mass is 16.5. The number of aryl methyl sites for hydroxylation is 3. The molecule has 0 fully saturated rings. The van der Waals surface area contributed by atoms with Gasteiger partial charge in [0, 0.05) is 23.1 Å². The SMILES string of the molecule is COc1ccc(-c2noc(-c3cn(CC(=O)Nc4ccc(C)cc4C)c4nc(C)ccc4c3=O)n2)cc1. The molecule has 0 saturated heterocycles. The number of amides is 1. The highest BCUT2D eigenvalue weighted by Gasteiger charge is 2.19. The van der Waals surface area contributed by atoms with Gasteiger partial charge in [0.25, 0.3) is 5.89 Å². The summed E-state index contributed by atoms with van der Waals surface area (Å²) in [5.74, 6) is 0.836. The number of nitrogens with zero attached hydrogens (tertiary/aromatic N) is 4. The highest BCUT2D eigenvalue weighted by molar-refractivity contribution is 5.92. The number of aromatic nitrogens is 4. The first-order valence-corrected chi connectivity index (χ1v) is 11.7. The molecule has 0 aliphatic heterocycles. The van der Waals surface area contributed by atoms with Crippen molar-refractivity contribution in [3.05, 3.63) is 87.8 Å². The largest absolute Gasteiger partial charge is 0.497 e. The van der Waals surface area contributed by atoms with E-state index in [0.717, 1.165) is 22.5 Å². The molecule has 5 aromatic rings. The summed E-state index contributed by atoms with van der Waals surface area (Å²) in [6, 6.07) is 16.5. The molecule has 0 radical (unpaired) electrons. The second-order valence-corrected chi connectivity index (χ2v) is 8.84. The molecule has 0 spiro atoms. The first-order valence-electron chi connectivity index (χ1n) is 11.7. The van der Waals surface area contributed by atoms with Crippen LogP contribution in [-0.2, 0) is 11.3 Å². The van der Waals surface area contributed by atoms with E-state index < -0.39 is 0 Å². The third-order valence-electron chi connectivity index (χ3n) is 6.04. The Hall–Kier alpha value is -4.79. The molecular formula is C28H25N5O4. The fourth-order valence-corrected chi connectivity index (χ4v) is 4.12. The zero-order valence-corrected chi connectivity index (χ0v) is 20.9. The standard InChI is InChI=1S/C28H25N5O4/c1-16-5-12-23(17(2)13-16)30-24(34)15-33-14-22(25(35)21-11-6-18(3)29-27(21)33)28-31-26(32-37-28)19-7-9-20(36-4)10-8-19/h5-14H,15H2,1-4H3,(H,30,34). The first kappa shape index (κ1) is 23.9. The Labute approximate surface area is 212 Å². The number of hydrogen-bond donors (Lipinski definition) is 1. The molecule has 0 saturated carbocycles. The quantitative estimate of drug-likeness (QED) is 0.364. The third kappa shape index (κ3) is 4.84. The van der Waals surface area contributed by atoms with Crippen LogP contribution in [0.5, 0.6) is 5.75 Å². The third-order valence-corrected chi connectivity index (χ3v) is 6.04. The molecule has 0 aliphatic carbocycles. The Kier molecular flexibility index (Phi) is 6.27. The maximum atomic E-state index is 13.4. The summed E-state index contributed by atoms with van der Waals surface area (Å²) in [6.07, 6.45) is 1.55. The molecule has 9 nitrogen and oxygen atoms in total. The van der Waals surface area contributed by atoms with E-state index in [2.05, 4.69) is 20.4 Å². The number of carbonyl (C=O) groups excluding carboxylic acids is 1. The Balaban J connectivity index is 1.53. The predicted octanol–water partition coefficient (Wildman–Crippen LogP) is 4.69. The predicted molar refractivity (Wildman–Crippen MR) is 141 cm³/mol. The van der Waals surface area contributed by atoms with Gasteiger partial charge in [-0.15, -0.1) is 0 Å². The van der Waals surface area contributed by atoms with Gasteiger partial charge in [0.15, 0.2) is 0 Å². The summed E-state index contributed by atoms with van der Waals surface area (Å²) in [6.45, 7) is 5.71. The number of rotatable bonds is 6. The van der Waals surface area contributed by atoms with E-state index >= 15 is 0 Å². The molecule has 2 aromatic carbocycles. The van der Waals surface area contributed by atoms with Crippen LogP contribution < -0.4 is 15.5 Å². The Morgan fingerprint density at radius 3 is 2.54 bits per heavy atom. The average molecular weight is 496 g/mol. The van der Waals surface area contributed by atoms with Crippen LogP contribution in [0.15, 0.2) is 70.1 Å². The van der Waals surface area contributed by atoms with Crippen molar-refractivity contribution in [1.82, 2.24) is 19.7 Å². The second-order valence-electron chi connectivity index (χ2n) is 8.84. The van der Waals surface area contributed by atoms with Crippen LogP contribution in [0.25, 0.3) is 33.9 Å². The maximum Gasteiger partial charge on any atom is 0.263 e. The van der Waals surface area contributed by atoms with Crippen LogP contribution in [0.3, 0.4) is 0 Å². The van der Waals surface area contributed by atoms with Crippen LogP contribution in [0.4, 0.5) is 5.69 Å². The van der Waals surface area contributed by atoms with Gasteiger partial charge in [0.05, 0.1) is 12.5 Å². The van der Waals surface area contributed by atoms with Gasteiger partial charge in [-0.25, -0.2) is 4.98 Å². The smallest absolute Gasteiger partial charge is 0.263 e. The Bertz CT molecular complexity index is 1690. The van der Waals surface area contributed by atoms with E-state index in [-0.39, 0.29) is 29.3 Å². The van der Waals surface area contributed by atoms with Crippen molar-refractivity contribution in [2.45, 2.75) is 27.3 Å². The van der Waals surface area contributed by atoms with Crippen LogP contribution in [0, 0.1) is 20.8 Å². The minimum Gasteiger partial charge on any atom is -0.497 e. The van der Waals surface area contributed by atoms with Gasteiger partial charge in [-0.05, 0) is 68.8 Å². The van der Waals surface area contributed by atoms with Gasteiger partial charge in [0.2, 0.25) is 17.2 Å². The summed E-state index contributed by atoms with van der Waals surface area (Å²) >= 11 is 0. The summed E-state index contributed by atoms with van der Waals surface area (Å²) in [5.41, 5.74) is 4.52. The number of anilines is 1. The molecule has 3 aromatic heterocycles. The van der Waals surface area contributed by atoms with Gasteiger partial charge in [0.1, 0.15) is 23.5 Å². The van der Waals surface area contributed by atoms with Gasteiger partial charge in [-0.3, -0.25) is 9.59 Å². The van der Waals surface area contributed by atoms with E-state index in [0.29, 0.717) is 28.2 Å². The van der Waals surface area contributed by atoms with Gasteiger partial charge in [-0.1, -0.05) is 22.9 Å². The van der Waals surface area contributed by atoms with Crippen molar-refractivity contribution >= 4 is 22.6 Å². The van der Waals surface area contributed by atoms with Crippen molar-refractivity contribution < 1.29 is 14.1 Å². The zero-order valence-electron chi connectivity index (χ0n) is 20.9. The van der Waals surface area contributed by atoms with Gasteiger partial charge < -0.3 is 19.1 Å². The lowest BCUT2D eigenvalue weighted by Crippen LogP contribution is -2.22. The number of carbonyl (C=O) groups is 1. The van der Waals surface area contributed by atoms with E-state index in [1.165, 1.54) is 0 Å². The minimum absolute atomic E-state index is 0.0573. The molecule has 37 heavy (non-hydrogen) atoms. The van der Waals surface area contributed by atoms with E-state index in [1.807, 2.05) is 39.0 Å². The molecule has 3 heterocycles. The number of nitrogens with one attached hydrogen (secondary N) is 1. The average Bonchev–Trinajstić information content (AvgIpc) is 3.37. The number of fused-ring (bicyclic) bond motifs is 1. The van der Waals surface area contributed by atoms with Crippen molar-refractivity contribution in [2.75, 3.05) is 12.4 Å². The Morgan fingerprint density at radius 2 is 1.81 bits per heavy atom. The molecule has 0 aliphatic rings. The van der Waals surface area contributed by atoms with E-state index in [9.17, 15) is 9.59 Å². The van der Waals surface area contributed by atoms with Crippen LogP contribution in [-0.4, -0.2) is 32.7 Å². The molecule has 0 bridgehead atoms. The summed E-state index contributed by atoms with van der Waals surface area (Å²) in [5, 5.41) is 7.35. The molecule has 9 heteroatoms. The fourth-order valence-electron chi connectivity index (χ4n) is 4.12. The van der Waals surface area contributed by atoms with Crippen LogP contribution in [0.2, 0.25) is 0 Å². The molecule has 0 atom stereocenters. The topological polar surface area (TPSA) is 112 Å². The molecule has 0 unspecified atom stereocenters.